The Kier molecular flexibility index (Phi) is 6.77. The minimum absolute atomic E-state index is 0.168. The molecule has 0 aliphatic rings. The van der Waals surface area contributed by atoms with Gasteiger partial charge in [0.2, 0.25) is 0 Å². The molecule has 2 heterocycles. The van der Waals surface area contributed by atoms with Crippen LogP contribution in [0.3, 0.4) is 0 Å². The number of hydrogen-bond acceptors (Lipinski definition) is 9. The minimum atomic E-state index is -0.835. The van der Waals surface area contributed by atoms with Gasteiger partial charge in [-0.25, -0.2) is 19.4 Å². The van der Waals surface area contributed by atoms with Gasteiger partial charge in [-0.3, -0.25) is 0 Å². The van der Waals surface area contributed by atoms with Crippen molar-refractivity contribution in [3.63, 3.8) is 0 Å². The van der Waals surface area contributed by atoms with Gasteiger partial charge in [-0.05, 0) is 30.7 Å². The SMILES string of the molecule is CCOC(=O)Oc1c(Cn2cncn2)nc2cc(OC)c(OC)cc2c1-c1ccc(OC)cc1. The van der Waals surface area contributed by atoms with Gasteiger partial charge in [0, 0.05) is 17.0 Å². The van der Waals surface area contributed by atoms with Crippen molar-refractivity contribution in [1.82, 2.24) is 19.7 Å². The van der Waals surface area contributed by atoms with Gasteiger partial charge in [-0.1, -0.05) is 12.1 Å². The average molecular weight is 464 g/mol. The Morgan fingerprint density at radius 2 is 1.74 bits per heavy atom. The molecule has 0 radical (unpaired) electrons. The topological polar surface area (TPSA) is 107 Å². The predicted molar refractivity (Wildman–Crippen MR) is 124 cm³/mol. The molecular weight excluding hydrogens is 440 g/mol. The van der Waals surface area contributed by atoms with E-state index in [1.54, 1.807) is 51.4 Å². The van der Waals surface area contributed by atoms with E-state index >= 15 is 0 Å². The fourth-order valence-electron chi connectivity index (χ4n) is 3.58. The number of benzene rings is 2. The van der Waals surface area contributed by atoms with Crippen molar-refractivity contribution in [3.8, 4) is 34.1 Å². The highest BCUT2D eigenvalue weighted by atomic mass is 16.7. The first-order valence-corrected chi connectivity index (χ1v) is 10.5. The van der Waals surface area contributed by atoms with Crippen LogP contribution in [-0.4, -0.2) is 53.8 Å². The van der Waals surface area contributed by atoms with Crippen LogP contribution in [0.5, 0.6) is 23.0 Å². The molecule has 34 heavy (non-hydrogen) atoms. The van der Waals surface area contributed by atoms with Crippen LogP contribution >= 0.6 is 0 Å². The highest BCUT2D eigenvalue weighted by Gasteiger charge is 2.23. The van der Waals surface area contributed by atoms with Crippen molar-refractivity contribution in [2.24, 2.45) is 0 Å². The third kappa shape index (κ3) is 4.56. The Bertz CT molecular complexity index is 1290. The number of pyridine rings is 1. The number of nitrogens with zero attached hydrogens (tertiary/aromatic N) is 4. The zero-order valence-electron chi connectivity index (χ0n) is 19.3. The second-order valence-electron chi connectivity index (χ2n) is 7.09. The van der Waals surface area contributed by atoms with E-state index in [-0.39, 0.29) is 18.9 Å². The number of carbonyl (C=O) groups excluding carboxylic acids is 1. The van der Waals surface area contributed by atoms with Crippen LogP contribution in [0.1, 0.15) is 12.6 Å². The molecule has 0 amide bonds. The number of rotatable bonds is 8. The maximum atomic E-state index is 12.4. The Morgan fingerprint density at radius 1 is 1.00 bits per heavy atom. The second kappa shape index (κ2) is 10.1. The lowest BCUT2D eigenvalue weighted by Crippen LogP contribution is -2.14. The van der Waals surface area contributed by atoms with E-state index in [0.717, 1.165) is 5.56 Å². The Hall–Kier alpha value is -4.34. The maximum absolute atomic E-state index is 12.4. The van der Waals surface area contributed by atoms with E-state index in [4.69, 9.17) is 28.7 Å². The highest BCUT2D eigenvalue weighted by Crippen LogP contribution is 2.43. The number of methoxy groups -OCH3 is 3. The van der Waals surface area contributed by atoms with Crippen molar-refractivity contribution >= 4 is 17.1 Å². The lowest BCUT2D eigenvalue weighted by molar-refractivity contribution is 0.104. The first-order valence-electron chi connectivity index (χ1n) is 10.5. The molecule has 0 unspecified atom stereocenters. The number of aromatic nitrogens is 4. The Morgan fingerprint density at radius 3 is 2.35 bits per heavy atom. The van der Waals surface area contributed by atoms with Crippen LogP contribution < -0.4 is 18.9 Å². The molecule has 0 saturated heterocycles. The molecule has 176 valence electrons. The van der Waals surface area contributed by atoms with Gasteiger partial charge >= 0.3 is 6.16 Å². The molecule has 0 aliphatic carbocycles. The lowest BCUT2D eigenvalue weighted by atomic mass is 9.98. The zero-order valence-corrected chi connectivity index (χ0v) is 19.3. The van der Waals surface area contributed by atoms with E-state index in [9.17, 15) is 4.79 Å². The third-order valence-corrected chi connectivity index (χ3v) is 5.12. The van der Waals surface area contributed by atoms with Gasteiger partial charge < -0.3 is 23.7 Å². The molecule has 0 bridgehead atoms. The van der Waals surface area contributed by atoms with Crippen LogP contribution in [-0.2, 0) is 11.3 Å². The summed E-state index contributed by atoms with van der Waals surface area (Å²) < 4.78 is 28.7. The van der Waals surface area contributed by atoms with Crippen molar-refractivity contribution < 1.29 is 28.5 Å². The van der Waals surface area contributed by atoms with Gasteiger partial charge in [0.05, 0.1) is 40.0 Å². The predicted octanol–water partition coefficient (Wildman–Crippen LogP) is 4.10. The van der Waals surface area contributed by atoms with Gasteiger partial charge in [0.15, 0.2) is 17.2 Å². The zero-order chi connectivity index (χ0) is 24.1. The largest absolute Gasteiger partial charge is 0.513 e. The molecule has 0 saturated carbocycles. The standard InChI is InChI=1S/C24H24N4O6/c1-5-33-24(29)34-23-19(12-28-14-25-13-26-28)27-18-11-21(32-4)20(31-3)10-17(18)22(23)15-6-8-16(30-2)9-7-15/h6-11,13-14H,5,12H2,1-4H3. The molecule has 10 heteroatoms. The van der Waals surface area contributed by atoms with E-state index in [2.05, 4.69) is 10.1 Å². The van der Waals surface area contributed by atoms with Gasteiger partial charge in [0.1, 0.15) is 24.1 Å². The number of hydrogen-bond donors (Lipinski definition) is 0. The summed E-state index contributed by atoms with van der Waals surface area (Å²) in [4.78, 5) is 21.2. The average Bonchev–Trinajstić information content (AvgIpc) is 3.37. The maximum Gasteiger partial charge on any atom is 0.513 e. The molecule has 2 aromatic heterocycles. The summed E-state index contributed by atoms with van der Waals surface area (Å²) >= 11 is 0. The number of carbonyl (C=O) groups is 1. The van der Waals surface area contributed by atoms with E-state index in [1.165, 1.54) is 6.33 Å². The van der Waals surface area contributed by atoms with Crippen LogP contribution in [0.4, 0.5) is 4.79 Å². The summed E-state index contributed by atoms with van der Waals surface area (Å²) in [6.45, 7) is 2.08. The lowest BCUT2D eigenvalue weighted by Gasteiger charge is -2.18. The van der Waals surface area contributed by atoms with Crippen molar-refractivity contribution in [3.05, 3.63) is 54.7 Å². The smallest absolute Gasteiger partial charge is 0.497 e. The molecule has 0 spiro atoms. The summed E-state index contributed by atoms with van der Waals surface area (Å²) in [5.74, 6) is 1.97. The van der Waals surface area contributed by atoms with Crippen LogP contribution in [0.25, 0.3) is 22.0 Å². The Balaban J connectivity index is 2.03. The molecule has 0 aliphatic heterocycles. The summed E-state index contributed by atoms with van der Waals surface area (Å²) in [7, 11) is 4.71. The highest BCUT2D eigenvalue weighted by molar-refractivity contribution is 6.00. The molecular formula is C24H24N4O6. The molecule has 4 rings (SSSR count). The summed E-state index contributed by atoms with van der Waals surface area (Å²) in [5, 5.41) is 4.87. The van der Waals surface area contributed by atoms with Crippen LogP contribution in [0.2, 0.25) is 0 Å². The number of fused-ring (bicyclic) bond motifs is 1. The third-order valence-electron chi connectivity index (χ3n) is 5.12. The van der Waals surface area contributed by atoms with Gasteiger partial charge in [-0.2, -0.15) is 5.10 Å². The van der Waals surface area contributed by atoms with E-state index < -0.39 is 6.16 Å². The summed E-state index contributed by atoms with van der Waals surface area (Å²) in [6.07, 6.45) is 2.14. The summed E-state index contributed by atoms with van der Waals surface area (Å²) in [5.41, 5.74) is 2.50. The first kappa shape index (κ1) is 22.8. The van der Waals surface area contributed by atoms with Crippen LogP contribution in [0, 0.1) is 0 Å². The first-order chi connectivity index (χ1) is 16.6. The quantitative estimate of drug-likeness (QED) is 0.356. The molecule has 2 aromatic carbocycles. The minimum Gasteiger partial charge on any atom is -0.497 e. The van der Waals surface area contributed by atoms with E-state index in [0.29, 0.717) is 39.4 Å². The fraction of sp³-hybridized carbons (Fsp3) is 0.250. The van der Waals surface area contributed by atoms with Crippen LogP contribution in [0.15, 0.2) is 49.1 Å². The fourth-order valence-corrected chi connectivity index (χ4v) is 3.58. The molecule has 0 N–H and O–H groups in total. The van der Waals surface area contributed by atoms with Gasteiger partial charge in [-0.15, -0.1) is 0 Å². The van der Waals surface area contributed by atoms with Crippen molar-refractivity contribution in [2.75, 3.05) is 27.9 Å². The van der Waals surface area contributed by atoms with Crippen molar-refractivity contribution in [1.29, 1.82) is 0 Å². The van der Waals surface area contributed by atoms with Crippen molar-refractivity contribution in [2.45, 2.75) is 13.5 Å². The second-order valence-corrected chi connectivity index (χ2v) is 7.09. The number of ether oxygens (including phenoxy) is 5. The monoisotopic (exact) mass is 464 g/mol. The van der Waals surface area contributed by atoms with Gasteiger partial charge in [0.25, 0.3) is 0 Å². The normalized spacial score (nSPS) is 10.7. The van der Waals surface area contributed by atoms with E-state index in [1.807, 2.05) is 24.3 Å². The molecule has 0 atom stereocenters. The molecule has 0 fully saturated rings. The Labute approximate surface area is 196 Å². The molecule has 4 aromatic rings. The summed E-state index contributed by atoms with van der Waals surface area (Å²) in [6, 6.07) is 11.0. The molecule has 10 nitrogen and oxygen atoms in total.